The monoisotopic (exact) mass is 265 g/mol. The van der Waals surface area contributed by atoms with E-state index in [1.807, 2.05) is 0 Å². The Morgan fingerprint density at radius 3 is 2.83 bits per heavy atom. The fraction of sp³-hybridized carbons (Fsp3) is 0.0909. The molecule has 6 nitrogen and oxygen atoms in total. The average molecular weight is 266 g/mol. The van der Waals surface area contributed by atoms with Gasteiger partial charge < -0.3 is 0 Å². The highest BCUT2D eigenvalue weighted by Crippen LogP contribution is 2.25. The standard InChI is InChI=1S/C11H8ClN3O3/c12-9-2-1-8(5-10(9)15(17)18)6-14-7-13-4-3-11(14)16/h1-5,7H,6H2. The molecule has 0 N–H and O–H groups in total. The molecule has 0 aliphatic carbocycles. The van der Waals surface area contributed by atoms with E-state index in [1.54, 1.807) is 6.07 Å². The Morgan fingerprint density at radius 2 is 2.17 bits per heavy atom. The molecule has 1 heterocycles. The number of nitro benzene ring substituents is 1. The number of rotatable bonds is 3. The van der Waals surface area contributed by atoms with Crippen LogP contribution >= 0.6 is 11.6 Å². The van der Waals surface area contributed by atoms with E-state index in [-0.39, 0.29) is 22.8 Å². The van der Waals surface area contributed by atoms with Gasteiger partial charge in [-0.1, -0.05) is 17.7 Å². The summed E-state index contributed by atoms with van der Waals surface area (Å²) in [6.07, 6.45) is 2.77. The van der Waals surface area contributed by atoms with Gasteiger partial charge in [0.1, 0.15) is 5.02 Å². The Morgan fingerprint density at radius 1 is 1.39 bits per heavy atom. The number of aromatic nitrogens is 2. The van der Waals surface area contributed by atoms with Crippen molar-refractivity contribution in [2.45, 2.75) is 6.54 Å². The van der Waals surface area contributed by atoms with Gasteiger partial charge in [-0.05, 0) is 11.6 Å². The quantitative estimate of drug-likeness (QED) is 0.627. The lowest BCUT2D eigenvalue weighted by Gasteiger charge is -2.04. The second-order valence-electron chi connectivity index (χ2n) is 3.59. The number of hydrogen-bond donors (Lipinski definition) is 0. The van der Waals surface area contributed by atoms with E-state index in [9.17, 15) is 14.9 Å². The first-order valence-electron chi connectivity index (χ1n) is 5.01. The summed E-state index contributed by atoms with van der Waals surface area (Å²) in [6.45, 7) is 0.213. The fourth-order valence-corrected chi connectivity index (χ4v) is 1.68. The van der Waals surface area contributed by atoms with Crippen LogP contribution in [0.15, 0.2) is 41.6 Å². The highest BCUT2D eigenvalue weighted by molar-refractivity contribution is 6.32. The maximum atomic E-state index is 11.5. The van der Waals surface area contributed by atoms with Gasteiger partial charge in [0.2, 0.25) is 0 Å². The molecule has 0 aliphatic heterocycles. The minimum atomic E-state index is -0.558. The van der Waals surface area contributed by atoms with Crippen LogP contribution < -0.4 is 5.56 Å². The van der Waals surface area contributed by atoms with Crippen LogP contribution in [0.2, 0.25) is 5.02 Å². The van der Waals surface area contributed by atoms with E-state index in [2.05, 4.69) is 4.98 Å². The molecule has 18 heavy (non-hydrogen) atoms. The first-order chi connectivity index (χ1) is 8.58. The number of hydrogen-bond acceptors (Lipinski definition) is 4. The molecule has 2 rings (SSSR count). The summed E-state index contributed by atoms with van der Waals surface area (Å²) in [5.41, 5.74) is 0.218. The molecule has 92 valence electrons. The molecule has 7 heteroatoms. The summed E-state index contributed by atoms with van der Waals surface area (Å²) in [5, 5.41) is 10.8. The molecule has 0 saturated heterocycles. The zero-order chi connectivity index (χ0) is 13.1. The van der Waals surface area contributed by atoms with Gasteiger partial charge in [-0.3, -0.25) is 19.5 Å². The molecule has 0 unspecified atom stereocenters. The second kappa shape index (κ2) is 4.97. The predicted molar refractivity (Wildman–Crippen MR) is 65.7 cm³/mol. The minimum Gasteiger partial charge on any atom is -0.295 e. The Hall–Kier alpha value is -2.21. The van der Waals surface area contributed by atoms with Crippen LogP contribution in [0.4, 0.5) is 5.69 Å². The van der Waals surface area contributed by atoms with Crippen molar-refractivity contribution in [2.75, 3.05) is 0 Å². The van der Waals surface area contributed by atoms with Crippen molar-refractivity contribution in [3.63, 3.8) is 0 Å². The highest BCUT2D eigenvalue weighted by atomic mass is 35.5. The number of halogens is 1. The highest BCUT2D eigenvalue weighted by Gasteiger charge is 2.12. The lowest BCUT2D eigenvalue weighted by atomic mass is 10.2. The summed E-state index contributed by atoms with van der Waals surface area (Å²) in [5.74, 6) is 0. The molecule has 1 aromatic carbocycles. The van der Waals surface area contributed by atoms with Gasteiger partial charge in [-0.25, -0.2) is 4.98 Å². The molecule has 0 radical (unpaired) electrons. The van der Waals surface area contributed by atoms with Crippen LogP contribution in [-0.2, 0) is 6.54 Å². The van der Waals surface area contributed by atoms with Gasteiger partial charge in [0.25, 0.3) is 11.2 Å². The fourth-order valence-electron chi connectivity index (χ4n) is 1.49. The molecule has 0 aliphatic rings. The smallest absolute Gasteiger partial charge is 0.288 e. The second-order valence-corrected chi connectivity index (χ2v) is 4.00. The SMILES string of the molecule is O=c1ccncn1Cc1ccc(Cl)c([N+](=O)[O-])c1. The van der Waals surface area contributed by atoms with E-state index in [4.69, 9.17) is 11.6 Å². The van der Waals surface area contributed by atoms with E-state index >= 15 is 0 Å². The Labute approximate surface area is 107 Å². The molecule has 0 atom stereocenters. The van der Waals surface area contributed by atoms with Crippen molar-refractivity contribution in [2.24, 2.45) is 0 Å². The normalized spacial score (nSPS) is 10.3. The number of nitrogens with zero attached hydrogens (tertiary/aromatic N) is 3. The molecule has 0 fully saturated rings. The van der Waals surface area contributed by atoms with E-state index in [1.165, 1.54) is 35.3 Å². The number of nitro groups is 1. The summed E-state index contributed by atoms with van der Waals surface area (Å²) < 4.78 is 1.35. The van der Waals surface area contributed by atoms with Gasteiger partial charge >= 0.3 is 0 Å². The van der Waals surface area contributed by atoms with Crippen molar-refractivity contribution in [3.05, 3.63) is 67.8 Å². The third-order valence-corrected chi connectivity index (χ3v) is 2.67. The van der Waals surface area contributed by atoms with Gasteiger partial charge in [-0.15, -0.1) is 0 Å². The van der Waals surface area contributed by atoms with Crippen molar-refractivity contribution in [3.8, 4) is 0 Å². The predicted octanol–water partition coefficient (Wildman–Crippen LogP) is 1.85. The van der Waals surface area contributed by atoms with E-state index in [0.717, 1.165) is 0 Å². The maximum absolute atomic E-state index is 11.5. The lowest BCUT2D eigenvalue weighted by Crippen LogP contribution is -2.19. The van der Waals surface area contributed by atoms with Crippen LogP contribution in [-0.4, -0.2) is 14.5 Å². The molecule has 1 aromatic heterocycles. The zero-order valence-electron chi connectivity index (χ0n) is 9.12. The first kappa shape index (κ1) is 12.3. The van der Waals surface area contributed by atoms with Gasteiger partial charge in [-0.2, -0.15) is 0 Å². The zero-order valence-corrected chi connectivity index (χ0v) is 9.87. The molecular weight excluding hydrogens is 258 g/mol. The van der Waals surface area contributed by atoms with Crippen LogP contribution in [0.1, 0.15) is 5.56 Å². The lowest BCUT2D eigenvalue weighted by molar-refractivity contribution is -0.384. The summed E-state index contributed by atoms with van der Waals surface area (Å²) in [4.78, 5) is 25.5. The largest absolute Gasteiger partial charge is 0.295 e. The van der Waals surface area contributed by atoms with Crippen LogP contribution in [0.3, 0.4) is 0 Å². The van der Waals surface area contributed by atoms with Crippen LogP contribution in [0, 0.1) is 10.1 Å². The van der Waals surface area contributed by atoms with Crippen molar-refractivity contribution < 1.29 is 4.92 Å². The average Bonchev–Trinajstić information content (AvgIpc) is 2.34. The van der Waals surface area contributed by atoms with E-state index in [0.29, 0.717) is 5.56 Å². The molecule has 2 aromatic rings. The van der Waals surface area contributed by atoms with Crippen molar-refractivity contribution in [1.29, 1.82) is 0 Å². The summed E-state index contributed by atoms with van der Waals surface area (Å²) in [7, 11) is 0. The molecule has 0 spiro atoms. The third kappa shape index (κ3) is 2.54. The Balaban J connectivity index is 2.36. The van der Waals surface area contributed by atoms with Crippen LogP contribution in [0.5, 0.6) is 0 Å². The maximum Gasteiger partial charge on any atom is 0.288 e. The summed E-state index contributed by atoms with van der Waals surface area (Å²) in [6, 6.07) is 5.75. The Bertz CT molecular complexity index is 654. The Kier molecular flexibility index (Phi) is 3.38. The summed E-state index contributed by atoms with van der Waals surface area (Å²) >= 11 is 5.70. The van der Waals surface area contributed by atoms with Crippen molar-refractivity contribution in [1.82, 2.24) is 9.55 Å². The minimum absolute atomic E-state index is 0.0716. The molecule has 0 amide bonds. The molecular formula is C11H8ClN3O3. The third-order valence-electron chi connectivity index (χ3n) is 2.35. The van der Waals surface area contributed by atoms with Crippen molar-refractivity contribution >= 4 is 17.3 Å². The van der Waals surface area contributed by atoms with Crippen LogP contribution in [0.25, 0.3) is 0 Å². The van der Waals surface area contributed by atoms with Gasteiger partial charge in [0.15, 0.2) is 0 Å². The van der Waals surface area contributed by atoms with Gasteiger partial charge in [0.05, 0.1) is 17.8 Å². The van der Waals surface area contributed by atoms with Gasteiger partial charge in [0, 0.05) is 18.3 Å². The first-order valence-corrected chi connectivity index (χ1v) is 5.39. The molecule has 0 saturated carbocycles. The number of benzene rings is 1. The van der Waals surface area contributed by atoms with E-state index < -0.39 is 4.92 Å². The molecule has 0 bridgehead atoms. The topological polar surface area (TPSA) is 78.0 Å².